The van der Waals surface area contributed by atoms with E-state index in [0.717, 1.165) is 0 Å². The number of hydrogen-bond acceptors (Lipinski definition) is 6. The number of nitrogens with zero attached hydrogens (tertiary/aromatic N) is 3. The van der Waals surface area contributed by atoms with Crippen molar-refractivity contribution in [3.8, 4) is 17.4 Å². The van der Waals surface area contributed by atoms with E-state index in [4.69, 9.17) is 4.42 Å². The standard InChI is InChI=1S/C19H17N5O3S/c1-3-12-11(2)20-19(22-17(12)25)24-16(21-18(26)15-7-5-9-28-15)10-13(23-24)14-6-4-8-27-14/h4-10H,3H2,1-2H3,(H,21,26)(H,20,22,25). The summed E-state index contributed by atoms with van der Waals surface area (Å²) in [6.07, 6.45) is 2.12. The van der Waals surface area contributed by atoms with Crippen LogP contribution in [-0.4, -0.2) is 25.7 Å². The van der Waals surface area contributed by atoms with Gasteiger partial charge in [-0.1, -0.05) is 13.0 Å². The van der Waals surface area contributed by atoms with Gasteiger partial charge >= 0.3 is 0 Å². The summed E-state index contributed by atoms with van der Waals surface area (Å²) in [7, 11) is 0. The first-order valence-corrected chi connectivity index (χ1v) is 9.53. The Kier molecular flexibility index (Phi) is 4.66. The minimum Gasteiger partial charge on any atom is -0.463 e. The number of nitrogens with one attached hydrogen (secondary N) is 2. The van der Waals surface area contributed by atoms with Crippen LogP contribution in [0.3, 0.4) is 0 Å². The van der Waals surface area contributed by atoms with Gasteiger partial charge in [0.25, 0.3) is 11.5 Å². The number of amides is 1. The van der Waals surface area contributed by atoms with E-state index >= 15 is 0 Å². The summed E-state index contributed by atoms with van der Waals surface area (Å²) in [5.74, 6) is 0.858. The summed E-state index contributed by atoms with van der Waals surface area (Å²) in [5.41, 5.74) is 1.51. The molecule has 0 saturated carbocycles. The van der Waals surface area contributed by atoms with E-state index in [1.807, 2.05) is 12.3 Å². The highest BCUT2D eigenvalue weighted by Crippen LogP contribution is 2.25. The topological polar surface area (TPSA) is 106 Å². The summed E-state index contributed by atoms with van der Waals surface area (Å²) in [5, 5.41) is 9.13. The molecule has 2 N–H and O–H groups in total. The van der Waals surface area contributed by atoms with Crippen LogP contribution in [0, 0.1) is 6.92 Å². The van der Waals surface area contributed by atoms with Crippen molar-refractivity contribution in [3.05, 3.63) is 68.5 Å². The lowest BCUT2D eigenvalue weighted by Crippen LogP contribution is -2.21. The predicted octanol–water partition coefficient (Wildman–Crippen LogP) is 3.40. The van der Waals surface area contributed by atoms with Gasteiger partial charge in [0.05, 0.1) is 11.1 Å². The van der Waals surface area contributed by atoms with Gasteiger partial charge in [0.1, 0.15) is 11.5 Å². The molecule has 9 heteroatoms. The van der Waals surface area contributed by atoms with Crippen molar-refractivity contribution in [1.82, 2.24) is 19.7 Å². The fourth-order valence-electron chi connectivity index (χ4n) is 2.87. The van der Waals surface area contributed by atoms with Crippen LogP contribution >= 0.6 is 11.3 Å². The van der Waals surface area contributed by atoms with E-state index in [9.17, 15) is 9.59 Å². The number of hydrogen-bond donors (Lipinski definition) is 2. The number of H-pyrrole nitrogens is 1. The van der Waals surface area contributed by atoms with Crippen molar-refractivity contribution < 1.29 is 9.21 Å². The first-order chi connectivity index (χ1) is 13.6. The van der Waals surface area contributed by atoms with Gasteiger partial charge in [-0.3, -0.25) is 14.6 Å². The molecule has 4 heterocycles. The van der Waals surface area contributed by atoms with Gasteiger partial charge in [0.2, 0.25) is 5.95 Å². The van der Waals surface area contributed by atoms with E-state index in [-0.39, 0.29) is 17.4 Å². The van der Waals surface area contributed by atoms with Gasteiger partial charge in [-0.05, 0) is 36.9 Å². The molecule has 28 heavy (non-hydrogen) atoms. The van der Waals surface area contributed by atoms with Crippen LogP contribution < -0.4 is 10.9 Å². The number of carbonyl (C=O) groups excluding carboxylic acids is 1. The Balaban J connectivity index is 1.81. The van der Waals surface area contributed by atoms with Crippen LogP contribution in [0.15, 0.2) is 51.2 Å². The number of furan rings is 1. The molecule has 4 aromatic heterocycles. The third-order valence-electron chi connectivity index (χ3n) is 4.23. The Hall–Kier alpha value is -3.46. The molecule has 0 fully saturated rings. The predicted molar refractivity (Wildman–Crippen MR) is 106 cm³/mol. The molecule has 4 rings (SSSR count). The molecule has 1 amide bonds. The van der Waals surface area contributed by atoms with Crippen LogP contribution in [0.2, 0.25) is 0 Å². The Morgan fingerprint density at radius 3 is 2.86 bits per heavy atom. The molecule has 142 valence electrons. The minimum absolute atomic E-state index is 0.221. The van der Waals surface area contributed by atoms with E-state index < -0.39 is 0 Å². The lowest BCUT2D eigenvalue weighted by molar-refractivity contribution is 0.103. The molecular weight excluding hydrogens is 378 g/mol. The summed E-state index contributed by atoms with van der Waals surface area (Å²) in [6, 6.07) is 8.72. The Morgan fingerprint density at radius 2 is 2.21 bits per heavy atom. The Morgan fingerprint density at radius 1 is 1.36 bits per heavy atom. The fraction of sp³-hybridized carbons (Fsp3) is 0.158. The SMILES string of the molecule is CCc1c(C)nc(-n2nc(-c3ccco3)cc2NC(=O)c2cccs2)[nH]c1=O. The van der Waals surface area contributed by atoms with E-state index in [1.165, 1.54) is 16.0 Å². The van der Waals surface area contributed by atoms with Crippen molar-refractivity contribution in [2.45, 2.75) is 20.3 Å². The molecule has 0 aliphatic carbocycles. The average molecular weight is 395 g/mol. The van der Waals surface area contributed by atoms with E-state index in [0.29, 0.717) is 39.8 Å². The lowest BCUT2D eigenvalue weighted by atomic mass is 10.2. The number of anilines is 1. The molecular formula is C19H17N5O3S. The van der Waals surface area contributed by atoms with Crippen molar-refractivity contribution >= 4 is 23.1 Å². The largest absolute Gasteiger partial charge is 0.463 e. The number of aryl methyl sites for hydroxylation is 1. The average Bonchev–Trinajstić information content (AvgIpc) is 3.42. The summed E-state index contributed by atoms with van der Waals surface area (Å²) in [6.45, 7) is 3.67. The monoisotopic (exact) mass is 395 g/mol. The molecule has 0 aliphatic heterocycles. The van der Waals surface area contributed by atoms with Gasteiger partial charge in [-0.2, -0.15) is 9.78 Å². The Labute approximate surface area is 163 Å². The Bertz CT molecular complexity index is 1170. The van der Waals surface area contributed by atoms with Crippen molar-refractivity contribution in [3.63, 3.8) is 0 Å². The molecule has 0 saturated heterocycles. The zero-order chi connectivity index (χ0) is 19.7. The first kappa shape index (κ1) is 17.9. The molecule has 0 atom stereocenters. The van der Waals surface area contributed by atoms with E-state index in [1.54, 1.807) is 43.5 Å². The van der Waals surface area contributed by atoms with Gasteiger partial charge in [-0.15, -0.1) is 11.3 Å². The third kappa shape index (κ3) is 3.27. The number of aromatic nitrogens is 4. The lowest BCUT2D eigenvalue weighted by Gasteiger charge is -2.09. The molecule has 8 nitrogen and oxygen atoms in total. The third-order valence-corrected chi connectivity index (χ3v) is 5.10. The zero-order valence-corrected chi connectivity index (χ0v) is 16.0. The van der Waals surface area contributed by atoms with Crippen LogP contribution in [0.25, 0.3) is 17.4 Å². The minimum atomic E-state index is -0.272. The molecule has 0 unspecified atom stereocenters. The highest BCUT2D eigenvalue weighted by atomic mass is 32.1. The van der Waals surface area contributed by atoms with Crippen molar-refractivity contribution in [2.75, 3.05) is 5.32 Å². The van der Waals surface area contributed by atoms with Gasteiger partial charge < -0.3 is 9.73 Å². The van der Waals surface area contributed by atoms with Gasteiger partial charge in [0, 0.05) is 17.3 Å². The van der Waals surface area contributed by atoms with Crippen LogP contribution in [0.4, 0.5) is 5.82 Å². The molecule has 4 aromatic rings. The maximum absolute atomic E-state index is 12.5. The van der Waals surface area contributed by atoms with Crippen molar-refractivity contribution in [2.24, 2.45) is 0 Å². The number of rotatable bonds is 5. The highest BCUT2D eigenvalue weighted by Gasteiger charge is 2.18. The van der Waals surface area contributed by atoms with Crippen LogP contribution in [0.1, 0.15) is 27.9 Å². The number of carbonyl (C=O) groups is 1. The maximum Gasteiger partial charge on any atom is 0.266 e. The second-order valence-electron chi connectivity index (χ2n) is 6.04. The van der Waals surface area contributed by atoms with Gasteiger partial charge in [0.15, 0.2) is 5.76 Å². The highest BCUT2D eigenvalue weighted by molar-refractivity contribution is 7.12. The maximum atomic E-state index is 12.5. The zero-order valence-electron chi connectivity index (χ0n) is 15.2. The molecule has 0 aliphatic rings. The second-order valence-corrected chi connectivity index (χ2v) is 6.99. The smallest absolute Gasteiger partial charge is 0.266 e. The normalized spacial score (nSPS) is 10.9. The second kappa shape index (κ2) is 7.28. The van der Waals surface area contributed by atoms with Crippen LogP contribution in [-0.2, 0) is 6.42 Å². The summed E-state index contributed by atoms with van der Waals surface area (Å²) in [4.78, 5) is 32.7. The van der Waals surface area contributed by atoms with Gasteiger partial charge in [-0.25, -0.2) is 4.98 Å². The number of aromatic amines is 1. The molecule has 0 radical (unpaired) electrons. The molecule has 0 spiro atoms. The van der Waals surface area contributed by atoms with Crippen molar-refractivity contribution in [1.29, 1.82) is 0 Å². The fourth-order valence-corrected chi connectivity index (χ4v) is 3.49. The van der Waals surface area contributed by atoms with E-state index in [2.05, 4.69) is 20.4 Å². The molecule has 0 aromatic carbocycles. The first-order valence-electron chi connectivity index (χ1n) is 8.65. The van der Waals surface area contributed by atoms with Crippen LogP contribution in [0.5, 0.6) is 0 Å². The summed E-state index contributed by atoms with van der Waals surface area (Å²) < 4.78 is 6.81. The molecule has 0 bridgehead atoms. The quantitative estimate of drug-likeness (QED) is 0.539. The number of thiophene rings is 1. The summed E-state index contributed by atoms with van der Waals surface area (Å²) >= 11 is 1.33.